The molecule has 0 N–H and O–H groups in total. The van der Waals surface area contributed by atoms with E-state index in [0.29, 0.717) is 0 Å². The fourth-order valence-corrected chi connectivity index (χ4v) is 8.97. The lowest BCUT2D eigenvalue weighted by atomic mass is 9.81. The molecule has 0 spiro atoms. The van der Waals surface area contributed by atoms with Crippen molar-refractivity contribution in [3.05, 3.63) is 206 Å². The predicted molar refractivity (Wildman–Crippen MR) is 239 cm³/mol. The van der Waals surface area contributed by atoms with Crippen LogP contribution in [0.15, 0.2) is 194 Å². The quantitative estimate of drug-likeness (QED) is 0.170. The van der Waals surface area contributed by atoms with Crippen LogP contribution in [-0.2, 0) is 5.41 Å². The van der Waals surface area contributed by atoms with Gasteiger partial charge in [-0.05, 0) is 128 Å². The maximum absolute atomic E-state index is 4.96. The van der Waals surface area contributed by atoms with Crippen molar-refractivity contribution >= 4 is 21.8 Å². The van der Waals surface area contributed by atoms with Crippen molar-refractivity contribution in [1.82, 2.24) is 19.5 Å². The summed E-state index contributed by atoms with van der Waals surface area (Å²) in [6, 6.07) is 65.4. The van der Waals surface area contributed by atoms with Gasteiger partial charge >= 0.3 is 0 Å². The molecule has 4 nitrogen and oxygen atoms in total. The molecule has 10 aromatic rings. The average molecular weight is 743 g/mol. The fourth-order valence-electron chi connectivity index (χ4n) is 8.97. The Hall–Kier alpha value is -7.43. The van der Waals surface area contributed by atoms with E-state index in [1.54, 1.807) is 12.4 Å². The third-order valence-electron chi connectivity index (χ3n) is 11.9. The van der Waals surface area contributed by atoms with Crippen LogP contribution in [0.4, 0.5) is 0 Å². The number of hydrogen-bond donors (Lipinski definition) is 0. The molecule has 0 saturated heterocycles. The molecule has 0 unspecified atom stereocenters. The van der Waals surface area contributed by atoms with Crippen LogP contribution in [0.1, 0.15) is 25.0 Å². The van der Waals surface area contributed by atoms with Gasteiger partial charge in [-0.3, -0.25) is 9.97 Å². The molecule has 0 fully saturated rings. The maximum Gasteiger partial charge on any atom is 0.0900 e. The van der Waals surface area contributed by atoms with Crippen molar-refractivity contribution in [2.45, 2.75) is 19.3 Å². The van der Waals surface area contributed by atoms with Gasteiger partial charge in [0, 0.05) is 34.3 Å². The second-order valence-electron chi connectivity index (χ2n) is 15.7. The first-order valence-electron chi connectivity index (χ1n) is 19.8. The number of rotatable bonds is 6. The molecule has 4 aromatic heterocycles. The first-order chi connectivity index (χ1) is 28.5. The summed E-state index contributed by atoms with van der Waals surface area (Å²) in [7, 11) is 0. The maximum atomic E-state index is 4.96. The van der Waals surface area contributed by atoms with E-state index in [9.17, 15) is 0 Å². The lowest BCUT2D eigenvalue weighted by Gasteiger charge is -2.23. The molecule has 4 heteroatoms. The summed E-state index contributed by atoms with van der Waals surface area (Å²) in [6.45, 7) is 4.73. The minimum atomic E-state index is -0.165. The van der Waals surface area contributed by atoms with E-state index >= 15 is 0 Å². The Kier molecular flexibility index (Phi) is 7.80. The van der Waals surface area contributed by atoms with Crippen LogP contribution < -0.4 is 0 Å². The van der Waals surface area contributed by atoms with E-state index in [0.717, 1.165) is 33.9 Å². The summed E-state index contributed by atoms with van der Waals surface area (Å²) in [5, 5.41) is 2.55. The highest BCUT2D eigenvalue weighted by molar-refractivity contribution is 6.09. The van der Waals surface area contributed by atoms with E-state index in [2.05, 4.69) is 174 Å². The Morgan fingerprint density at radius 1 is 0.379 bits per heavy atom. The second kappa shape index (κ2) is 13.4. The number of aromatic nitrogens is 4. The zero-order chi connectivity index (χ0) is 38.8. The third kappa shape index (κ3) is 5.56. The number of pyridine rings is 3. The lowest BCUT2D eigenvalue weighted by molar-refractivity contribution is 0.661. The van der Waals surface area contributed by atoms with Gasteiger partial charge in [-0.1, -0.05) is 123 Å². The third-order valence-corrected chi connectivity index (χ3v) is 11.9. The molecule has 4 heterocycles. The molecule has 0 atom stereocenters. The Labute approximate surface area is 337 Å². The molecule has 58 heavy (non-hydrogen) atoms. The standard InChI is InChI=1S/C54H38N4/c1-54(2)46-31-38(35-20-22-36(23-21-35)40-33-50(48-16-7-9-28-55-48)57-51(34-40)49-17-8-10-29-56-49)24-26-42(46)43-27-25-39(32-47(43)54)37-12-11-13-41(30-37)58-52-18-5-3-14-44(52)45-15-4-6-19-53(45)58/h3-34H,1-2H3. The molecule has 0 saturated carbocycles. The second-order valence-corrected chi connectivity index (χ2v) is 15.7. The molecule has 0 aliphatic heterocycles. The number of para-hydroxylation sites is 2. The average Bonchev–Trinajstić information content (AvgIpc) is 3.74. The van der Waals surface area contributed by atoms with Gasteiger partial charge < -0.3 is 4.57 Å². The molecule has 0 radical (unpaired) electrons. The van der Waals surface area contributed by atoms with Crippen molar-refractivity contribution < 1.29 is 0 Å². The first kappa shape index (κ1) is 33.9. The van der Waals surface area contributed by atoms with Crippen LogP contribution in [-0.4, -0.2) is 19.5 Å². The molecule has 274 valence electrons. The minimum absolute atomic E-state index is 0.165. The largest absolute Gasteiger partial charge is 0.309 e. The SMILES string of the molecule is CC1(C)c2cc(-c3ccc(-c4cc(-c5ccccn5)nc(-c5ccccn5)c4)cc3)ccc2-c2ccc(-c3cccc(-n4c5ccccc5c5ccccc54)c3)cc21. The summed E-state index contributed by atoms with van der Waals surface area (Å²) in [5.41, 5.74) is 19.1. The van der Waals surface area contributed by atoms with Gasteiger partial charge in [0.2, 0.25) is 0 Å². The normalized spacial score (nSPS) is 12.8. The van der Waals surface area contributed by atoms with E-state index in [4.69, 9.17) is 4.98 Å². The highest BCUT2D eigenvalue weighted by Gasteiger charge is 2.36. The number of nitrogens with zero attached hydrogens (tertiary/aromatic N) is 4. The van der Waals surface area contributed by atoms with Crippen molar-refractivity contribution in [1.29, 1.82) is 0 Å². The van der Waals surface area contributed by atoms with Gasteiger partial charge in [-0.15, -0.1) is 0 Å². The minimum Gasteiger partial charge on any atom is -0.309 e. The van der Waals surface area contributed by atoms with Gasteiger partial charge in [0.15, 0.2) is 0 Å². The first-order valence-corrected chi connectivity index (χ1v) is 19.8. The lowest BCUT2D eigenvalue weighted by Crippen LogP contribution is -2.15. The molecule has 11 rings (SSSR count). The van der Waals surface area contributed by atoms with Crippen LogP contribution in [0, 0.1) is 0 Å². The van der Waals surface area contributed by atoms with E-state index in [-0.39, 0.29) is 5.41 Å². The Morgan fingerprint density at radius 3 is 1.41 bits per heavy atom. The molecule has 1 aliphatic carbocycles. The molecular formula is C54H38N4. The molecular weight excluding hydrogens is 705 g/mol. The van der Waals surface area contributed by atoms with Gasteiger partial charge in [-0.25, -0.2) is 4.98 Å². The smallest absolute Gasteiger partial charge is 0.0900 e. The zero-order valence-electron chi connectivity index (χ0n) is 32.3. The summed E-state index contributed by atoms with van der Waals surface area (Å²) in [5.74, 6) is 0. The van der Waals surface area contributed by atoms with Crippen LogP contribution >= 0.6 is 0 Å². The number of fused-ring (bicyclic) bond motifs is 6. The van der Waals surface area contributed by atoms with Gasteiger partial charge in [0.1, 0.15) is 0 Å². The fraction of sp³-hybridized carbons (Fsp3) is 0.0556. The van der Waals surface area contributed by atoms with Gasteiger partial charge in [0.25, 0.3) is 0 Å². The van der Waals surface area contributed by atoms with E-state index in [1.165, 1.54) is 72.0 Å². The van der Waals surface area contributed by atoms with E-state index in [1.807, 2.05) is 36.4 Å². The molecule has 0 amide bonds. The number of benzene rings is 6. The van der Waals surface area contributed by atoms with Crippen LogP contribution in [0.2, 0.25) is 0 Å². The summed E-state index contributed by atoms with van der Waals surface area (Å²) in [4.78, 5) is 14.1. The topological polar surface area (TPSA) is 43.6 Å². The zero-order valence-corrected chi connectivity index (χ0v) is 32.3. The Bertz CT molecular complexity index is 3070. The monoisotopic (exact) mass is 742 g/mol. The van der Waals surface area contributed by atoms with Crippen molar-refractivity contribution in [3.8, 4) is 73.0 Å². The summed E-state index contributed by atoms with van der Waals surface area (Å²) >= 11 is 0. The van der Waals surface area contributed by atoms with Crippen LogP contribution in [0.3, 0.4) is 0 Å². The Balaban J connectivity index is 0.918. The highest BCUT2D eigenvalue weighted by atomic mass is 15.0. The molecule has 0 bridgehead atoms. The Morgan fingerprint density at radius 2 is 0.862 bits per heavy atom. The van der Waals surface area contributed by atoms with E-state index < -0.39 is 0 Å². The van der Waals surface area contributed by atoms with Gasteiger partial charge in [-0.2, -0.15) is 0 Å². The predicted octanol–water partition coefficient (Wildman–Crippen LogP) is 13.6. The van der Waals surface area contributed by atoms with Crippen molar-refractivity contribution in [3.63, 3.8) is 0 Å². The highest BCUT2D eigenvalue weighted by Crippen LogP contribution is 2.51. The molecule has 6 aromatic carbocycles. The number of hydrogen-bond acceptors (Lipinski definition) is 3. The van der Waals surface area contributed by atoms with Crippen molar-refractivity contribution in [2.75, 3.05) is 0 Å². The van der Waals surface area contributed by atoms with Crippen LogP contribution in [0.25, 0.3) is 94.8 Å². The van der Waals surface area contributed by atoms with Gasteiger partial charge in [0.05, 0.1) is 33.8 Å². The van der Waals surface area contributed by atoms with Crippen molar-refractivity contribution in [2.24, 2.45) is 0 Å². The molecule has 1 aliphatic rings. The summed E-state index contributed by atoms with van der Waals surface area (Å²) in [6.07, 6.45) is 3.61. The summed E-state index contributed by atoms with van der Waals surface area (Å²) < 4.78 is 2.39. The van der Waals surface area contributed by atoms with Crippen LogP contribution in [0.5, 0.6) is 0 Å².